The van der Waals surface area contributed by atoms with Gasteiger partial charge in [-0.05, 0) is 32.0 Å². The molecule has 0 atom stereocenters. The van der Waals surface area contributed by atoms with Crippen molar-refractivity contribution in [1.82, 2.24) is 0 Å². The highest BCUT2D eigenvalue weighted by molar-refractivity contribution is 8.03. The molecule has 0 saturated carbocycles. The lowest BCUT2D eigenvalue weighted by atomic mass is 10.0. The fourth-order valence-electron chi connectivity index (χ4n) is 2.12. The van der Waals surface area contributed by atoms with Gasteiger partial charge in [-0.15, -0.1) is 0 Å². The van der Waals surface area contributed by atoms with Crippen LogP contribution in [0.1, 0.15) is 25.0 Å². The van der Waals surface area contributed by atoms with Crippen molar-refractivity contribution in [1.29, 1.82) is 0 Å². The maximum atomic E-state index is 5.98. The second kappa shape index (κ2) is 5.47. The molecule has 0 bridgehead atoms. The van der Waals surface area contributed by atoms with Crippen LogP contribution in [0, 0.1) is 0 Å². The Morgan fingerprint density at radius 1 is 0.950 bits per heavy atom. The van der Waals surface area contributed by atoms with E-state index in [4.69, 9.17) is 16.6 Å². The molecular formula is C17H14ClNS. The number of thioether (sulfide) groups is 1. The molecule has 0 saturated heterocycles. The number of nitrogens with zero attached hydrogens (tertiary/aromatic N) is 1. The number of aliphatic imine (C=N–C) groups is 1. The van der Waals surface area contributed by atoms with Gasteiger partial charge in [-0.2, -0.15) is 0 Å². The molecule has 0 amide bonds. The average molecular weight is 300 g/mol. The minimum Gasteiger partial charge on any atom is -0.252 e. The van der Waals surface area contributed by atoms with E-state index in [1.807, 2.05) is 24.3 Å². The van der Waals surface area contributed by atoms with Crippen molar-refractivity contribution in [2.45, 2.75) is 18.7 Å². The fourth-order valence-corrected chi connectivity index (χ4v) is 3.20. The Morgan fingerprint density at radius 3 is 2.40 bits per heavy atom. The molecule has 3 heteroatoms. The maximum absolute atomic E-state index is 5.98. The van der Waals surface area contributed by atoms with Crippen molar-refractivity contribution >= 4 is 29.1 Å². The van der Waals surface area contributed by atoms with Gasteiger partial charge < -0.3 is 0 Å². The van der Waals surface area contributed by atoms with E-state index in [0.29, 0.717) is 0 Å². The number of halogens is 1. The second-order valence-corrected chi connectivity index (χ2v) is 6.40. The van der Waals surface area contributed by atoms with Crippen molar-refractivity contribution < 1.29 is 0 Å². The minimum absolute atomic E-state index is 0.745. The predicted octanol–water partition coefficient (Wildman–Crippen LogP) is 5.53. The molecule has 1 aliphatic rings. The molecular weight excluding hydrogens is 286 g/mol. The molecule has 0 radical (unpaired) electrons. The van der Waals surface area contributed by atoms with E-state index in [-0.39, 0.29) is 0 Å². The Labute approximate surface area is 128 Å². The molecule has 20 heavy (non-hydrogen) atoms. The smallest absolute Gasteiger partial charge is 0.0789 e. The van der Waals surface area contributed by atoms with Crippen molar-refractivity contribution in [2.75, 3.05) is 0 Å². The van der Waals surface area contributed by atoms with Crippen molar-refractivity contribution in [3.63, 3.8) is 0 Å². The third kappa shape index (κ3) is 2.54. The van der Waals surface area contributed by atoms with Gasteiger partial charge in [0.25, 0.3) is 0 Å². The number of hydrogen-bond acceptors (Lipinski definition) is 2. The zero-order chi connectivity index (χ0) is 14.1. The number of rotatable bonds is 1. The van der Waals surface area contributed by atoms with Crippen LogP contribution in [-0.2, 0) is 0 Å². The van der Waals surface area contributed by atoms with Crippen molar-refractivity contribution in [3.8, 4) is 0 Å². The molecule has 1 aliphatic heterocycles. The topological polar surface area (TPSA) is 12.4 Å². The van der Waals surface area contributed by atoms with Crippen LogP contribution in [0.15, 0.2) is 69.0 Å². The summed E-state index contributed by atoms with van der Waals surface area (Å²) >= 11 is 7.76. The third-order valence-corrected chi connectivity index (χ3v) is 4.74. The summed E-state index contributed by atoms with van der Waals surface area (Å²) < 4.78 is 0. The van der Waals surface area contributed by atoms with E-state index < -0.39 is 0 Å². The lowest BCUT2D eigenvalue weighted by Gasteiger charge is -2.09. The minimum atomic E-state index is 0.745. The summed E-state index contributed by atoms with van der Waals surface area (Å²) in [6, 6.07) is 16.3. The van der Waals surface area contributed by atoms with Gasteiger partial charge in [-0.25, -0.2) is 0 Å². The van der Waals surface area contributed by atoms with E-state index in [1.165, 1.54) is 15.4 Å². The zero-order valence-corrected chi connectivity index (χ0v) is 12.9. The van der Waals surface area contributed by atoms with Gasteiger partial charge in [0.1, 0.15) is 0 Å². The van der Waals surface area contributed by atoms with Crippen LogP contribution in [0.2, 0.25) is 5.02 Å². The second-order valence-electron chi connectivity index (χ2n) is 4.71. The van der Waals surface area contributed by atoms with Gasteiger partial charge in [-0.3, -0.25) is 4.99 Å². The Morgan fingerprint density at radius 2 is 1.65 bits per heavy atom. The van der Waals surface area contributed by atoms with Crippen molar-refractivity contribution in [3.05, 3.63) is 75.3 Å². The van der Waals surface area contributed by atoms with E-state index in [2.05, 4.69) is 38.1 Å². The van der Waals surface area contributed by atoms with Gasteiger partial charge in [0, 0.05) is 31.6 Å². The maximum Gasteiger partial charge on any atom is 0.0789 e. The van der Waals surface area contributed by atoms with Crippen LogP contribution >= 0.6 is 23.4 Å². The molecule has 1 nitrogen and oxygen atoms in total. The highest BCUT2D eigenvalue weighted by atomic mass is 35.5. The largest absolute Gasteiger partial charge is 0.252 e. The molecule has 0 unspecified atom stereocenters. The van der Waals surface area contributed by atoms with Gasteiger partial charge in [-0.1, -0.05) is 53.7 Å². The average Bonchev–Trinajstić information content (AvgIpc) is 2.58. The summed E-state index contributed by atoms with van der Waals surface area (Å²) in [5.41, 5.74) is 4.35. The first-order chi connectivity index (χ1) is 9.65. The van der Waals surface area contributed by atoms with E-state index in [0.717, 1.165) is 22.0 Å². The van der Waals surface area contributed by atoms with Crippen LogP contribution in [0.4, 0.5) is 0 Å². The third-order valence-electron chi connectivity index (χ3n) is 3.31. The quantitative estimate of drug-likeness (QED) is 0.674. The summed E-state index contributed by atoms with van der Waals surface area (Å²) in [7, 11) is 0. The van der Waals surface area contributed by atoms with Crippen LogP contribution in [-0.4, -0.2) is 5.71 Å². The molecule has 0 N–H and O–H groups in total. The van der Waals surface area contributed by atoms with Gasteiger partial charge >= 0.3 is 0 Å². The molecule has 2 aromatic carbocycles. The molecule has 0 aliphatic carbocycles. The number of hydrogen-bond donors (Lipinski definition) is 0. The molecule has 0 spiro atoms. The first-order valence-electron chi connectivity index (χ1n) is 6.44. The fraction of sp³-hybridized carbons (Fsp3) is 0.118. The molecule has 2 aromatic rings. The molecule has 0 fully saturated rings. The van der Waals surface area contributed by atoms with Crippen LogP contribution in [0.3, 0.4) is 0 Å². The first kappa shape index (κ1) is 13.5. The van der Waals surface area contributed by atoms with E-state index in [1.54, 1.807) is 11.8 Å². The van der Waals surface area contributed by atoms with Gasteiger partial charge in [0.15, 0.2) is 0 Å². The summed E-state index contributed by atoms with van der Waals surface area (Å²) in [6.45, 7) is 4.18. The van der Waals surface area contributed by atoms with Crippen LogP contribution < -0.4 is 0 Å². The lowest BCUT2D eigenvalue weighted by molar-refractivity contribution is 1.27. The normalized spacial score (nSPS) is 14.7. The van der Waals surface area contributed by atoms with Gasteiger partial charge in [0.05, 0.1) is 5.71 Å². The Balaban J connectivity index is 2.21. The van der Waals surface area contributed by atoms with E-state index >= 15 is 0 Å². The molecule has 100 valence electrons. The summed E-state index contributed by atoms with van der Waals surface area (Å²) in [5, 5.41) is 0.745. The number of benzene rings is 2. The first-order valence-corrected chi connectivity index (χ1v) is 7.64. The van der Waals surface area contributed by atoms with Gasteiger partial charge in [0.2, 0.25) is 0 Å². The lowest BCUT2D eigenvalue weighted by Crippen LogP contribution is -2.04. The van der Waals surface area contributed by atoms with Crippen LogP contribution in [0.25, 0.3) is 0 Å². The Kier molecular flexibility index (Phi) is 3.68. The summed E-state index contributed by atoms with van der Waals surface area (Å²) in [6.07, 6.45) is 0. The van der Waals surface area contributed by atoms with E-state index in [9.17, 15) is 0 Å². The predicted molar refractivity (Wildman–Crippen MR) is 87.8 cm³/mol. The zero-order valence-electron chi connectivity index (χ0n) is 11.4. The summed E-state index contributed by atoms with van der Waals surface area (Å²) in [5.74, 6) is 0. The number of allylic oxidation sites excluding steroid dienone is 2. The molecule has 0 aromatic heterocycles. The van der Waals surface area contributed by atoms with Crippen LogP contribution in [0.5, 0.6) is 0 Å². The highest BCUT2D eigenvalue weighted by Crippen LogP contribution is 2.36. The number of fused-ring (bicyclic) bond motifs is 1. The standard InChI is InChI=1S/C17H14ClNS/c1-11-12(2)20-16-6-4-3-5-15(16)17(19-11)13-7-9-14(18)10-8-13/h3-10H,1-2H3. The Bertz CT molecular complexity index is 714. The summed E-state index contributed by atoms with van der Waals surface area (Å²) in [4.78, 5) is 7.31. The monoisotopic (exact) mass is 299 g/mol. The highest BCUT2D eigenvalue weighted by Gasteiger charge is 2.16. The Hall–Kier alpha value is -1.51. The molecule has 3 rings (SSSR count). The SMILES string of the molecule is CC1=C(C)Sc2ccccc2C(c2ccc(Cl)cc2)=N1. The van der Waals surface area contributed by atoms with Crippen molar-refractivity contribution in [2.24, 2.45) is 4.99 Å². The molecule has 1 heterocycles.